The fourth-order valence-corrected chi connectivity index (χ4v) is 7.46. The third-order valence-electron chi connectivity index (χ3n) is 7.28. The molecular formula is C27H29F3N6OS2. The van der Waals surface area contributed by atoms with Crippen LogP contribution in [0.15, 0.2) is 35.4 Å². The minimum atomic E-state index is -4.63. The smallest absolute Gasteiger partial charge is 0.369 e. The van der Waals surface area contributed by atoms with Gasteiger partial charge in [0.15, 0.2) is 0 Å². The number of thioether (sulfide) groups is 1. The van der Waals surface area contributed by atoms with Crippen LogP contribution >= 0.6 is 23.1 Å². The molecule has 3 aliphatic rings. The summed E-state index contributed by atoms with van der Waals surface area (Å²) in [5.74, 6) is 1.01. The van der Waals surface area contributed by atoms with Crippen LogP contribution in [0.25, 0.3) is 10.6 Å². The van der Waals surface area contributed by atoms with Gasteiger partial charge < -0.3 is 20.4 Å². The maximum atomic E-state index is 14.0. The van der Waals surface area contributed by atoms with E-state index in [9.17, 15) is 18.0 Å². The van der Waals surface area contributed by atoms with Gasteiger partial charge in [0.05, 0.1) is 10.6 Å². The molecule has 12 heteroatoms. The summed E-state index contributed by atoms with van der Waals surface area (Å²) in [5.41, 5.74) is 1.97. The van der Waals surface area contributed by atoms with Crippen molar-refractivity contribution in [2.45, 2.75) is 42.8 Å². The summed E-state index contributed by atoms with van der Waals surface area (Å²) in [7, 11) is 1.71. The fourth-order valence-electron chi connectivity index (χ4n) is 5.03. The number of carbonyl (C=O) groups is 1. The molecule has 1 aliphatic carbocycles. The maximum absolute atomic E-state index is 14.0. The molecule has 2 aliphatic heterocycles. The number of halogens is 3. The van der Waals surface area contributed by atoms with E-state index in [1.165, 1.54) is 11.8 Å². The maximum Gasteiger partial charge on any atom is 0.420 e. The van der Waals surface area contributed by atoms with Crippen molar-refractivity contribution in [3.63, 3.8) is 0 Å². The number of piperazine rings is 1. The Morgan fingerprint density at radius 2 is 2.00 bits per heavy atom. The van der Waals surface area contributed by atoms with Gasteiger partial charge in [-0.15, -0.1) is 23.1 Å². The topological polar surface area (TPSA) is 73.4 Å². The summed E-state index contributed by atoms with van der Waals surface area (Å²) in [4.78, 5) is 26.6. The van der Waals surface area contributed by atoms with E-state index in [4.69, 9.17) is 0 Å². The van der Waals surface area contributed by atoms with Crippen molar-refractivity contribution in [3.8, 4) is 10.6 Å². The van der Waals surface area contributed by atoms with E-state index in [-0.39, 0.29) is 17.5 Å². The molecule has 1 saturated carbocycles. The van der Waals surface area contributed by atoms with Crippen LogP contribution in [0.1, 0.15) is 46.5 Å². The first-order valence-electron chi connectivity index (χ1n) is 13.0. The van der Waals surface area contributed by atoms with Crippen LogP contribution in [0, 0.1) is 0 Å². The average molecular weight is 575 g/mol. The van der Waals surface area contributed by atoms with E-state index in [1.54, 1.807) is 18.0 Å². The van der Waals surface area contributed by atoms with E-state index < -0.39 is 11.7 Å². The quantitative estimate of drug-likeness (QED) is 0.398. The lowest BCUT2D eigenvalue weighted by molar-refractivity contribution is -0.137. The predicted octanol–water partition coefficient (Wildman–Crippen LogP) is 5.82. The minimum Gasteiger partial charge on any atom is -0.369 e. The van der Waals surface area contributed by atoms with Crippen LogP contribution < -0.4 is 15.5 Å². The van der Waals surface area contributed by atoms with Crippen LogP contribution in [0.3, 0.4) is 0 Å². The van der Waals surface area contributed by atoms with E-state index >= 15 is 0 Å². The summed E-state index contributed by atoms with van der Waals surface area (Å²) < 4.78 is 42.1. The van der Waals surface area contributed by atoms with Gasteiger partial charge in [-0.05, 0) is 55.5 Å². The highest BCUT2D eigenvalue weighted by atomic mass is 32.2. The van der Waals surface area contributed by atoms with Crippen LogP contribution in [-0.2, 0) is 6.18 Å². The highest BCUT2D eigenvalue weighted by Gasteiger charge is 2.37. The van der Waals surface area contributed by atoms with Crippen LogP contribution in [0.5, 0.6) is 0 Å². The Morgan fingerprint density at radius 3 is 2.74 bits per heavy atom. The van der Waals surface area contributed by atoms with Gasteiger partial charge in [-0.25, -0.2) is 9.97 Å². The number of alkyl halides is 3. The second-order valence-electron chi connectivity index (χ2n) is 10.3. The standard InChI is InChI=1S/C27H29F3N6OS2/c1-15-14-36(8-7-31-15)17-5-6-20(18(11-17)16-3-4-16)33-26-32-13-19(27(28,29)30)23(34-26)21-12-22-24(39-21)25(37)35(2)9-10-38-22/h5-6,11-13,15-16,31H,3-4,7-10,14H2,1-2H3,(H,32,33,34)/t15-/m1/s1. The molecule has 1 atom stereocenters. The Hall–Kier alpha value is -2.83. The Morgan fingerprint density at radius 1 is 1.18 bits per heavy atom. The molecule has 2 fully saturated rings. The van der Waals surface area contributed by atoms with E-state index in [1.807, 2.05) is 12.1 Å². The Labute approximate surface area is 233 Å². The number of benzene rings is 1. The summed E-state index contributed by atoms with van der Waals surface area (Å²) in [5, 5.41) is 6.67. The number of rotatable bonds is 5. The summed E-state index contributed by atoms with van der Waals surface area (Å²) >= 11 is 2.53. The normalized spacial score (nSPS) is 20.1. The van der Waals surface area contributed by atoms with Gasteiger partial charge in [-0.2, -0.15) is 13.2 Å². The summed E-state index contributed by atoms with van der Waals surface area (Å²) in [6.45, 7) is 5.53. The van der Waals surface area contributed by atoms with Gasteiger partial charge >= 0.3 is 6.18 Å². The molecule has 1 aromatic carbocycles. The predicted molar refractivity (Wildman–Crippen MR) is 149 cm³/mol. The number of carbonyl (C=O) groups excluding carboxylic acids is 1. The lowest BCUT2D eigenvalue weighted by Gasteiger charge is -2.34. The molecule has 2 N–H and O–H groups in total. The Bertz CT molecular complexity index is 1410. The molecule has 1 amide bonds. The van der Waals surface area contributed by atoms with Crippen molar-refractivity contribution in [2.75, 3.05) is 49.2 Å². The number of aromatic nitrogens is 2. The molecule has 39 heavy (non-hydrogen) atoms. The lowest BCUT2D eigenvalue weighted by Crippen LogP contribution is -2.49. The molecule has 3 aromatic rings. The highest BCUT2D eigenvalue weighted by Crippen LogP contribution is 2.46. The number of hydrogen-bond donors (Lipinski definition) is 2. The van der Waals surface area contributed by atoms with Crippen molar-refractivity contribution in [1.82, 2.24) is 20.2 Å². The van der Waals surface area contributed by atoms with Gasteiger partial charge in [0.25, 0.3) is 5.91 Å². The minimum absolute atomic E-state index is 0.100. The molecule has 0 radical (unpaired) electrons. The highest BCUT2D eigenvalue weighted by molar-refractivity contribution is 7.99. The van der Waals surface area contributed by atoms with Gasteiger partial charge in [-0.3, -0.25) is 4.79 Å². The van der Waals surface area contributed by atoms with Crippen LogP contribution in [0.2, 0.25) is 0 Å². The van der Waals surface area contributed by atoms with E-state index in [2.05, 4.69) is 38.5 Å². The number of anilines is 3. The number of fused-ring (bicyclic) bond motifs is 1. The largest absolute Gasteiger partial charge is 0.420 e. The summed E-state index contributed by atoms with van der Waals surface area (Å²) in [6.07, 6.45) is -1.64. The number of nitrogens with one attached hydrogen (secondary N) is 2. The SMILES string of the molecule is C[C@@H]1CN(c2ccc(Nc3ncc(C(F)(F)F)c(-c4cc5c(s4)C(=O)N(C)CCS5)n3)c(C3CC3)c2)CCN1. The monoisotopic (exact) mass is 574 g/mol. The lowest BCUT2D eigenvalue weighted by atomic mass is 10.1. The van der Waals surface area contributed by atoms with Crippen molar-refractivity contribution in [1.29, 1.82) is 0 Å². The molecular weight excluding hydrogens is 545 g/mol. The third-order valence-corrected chi connectivity index (χ3v) is 9.56. The van der Waals surface area contributed by atoms with Gasteiger partial charge in [0.2, 0.25) is 5.95 Å². The number of amides is 1. The molecule has 4 heterocycles. The second-order valence-corrected chi connectivity index (χ2v) is 12.5. The number of nitrogens with zero attached hydrogens (tertiary/aromatic N) is 4. The first kappa shape index (κ1) is 26.4. The van der Waals surface area contributed by atoms with Crippen molar-refractivity contribution in [2.24, 2.45) is 0 Å². The van der Waals surface area contributed by atoms with Crippen molar-refractivity contribution >= 4 is 46.3 Å². The zero-order chi connectivity index (χ0) is 27.3. The Balaban J connectivity index is 1.35. The molecule has 0 spiro atoms. The van der Waals surface area contributed by atoms with Gasteiger partial charge in [-0.1, -0.05) is 0 Å². The zero-order valence-corrected chi connectivity index (χ0v) is 23.3. The number of thiophene rings is 1. The molecule has 7 nitrogen and oxygen atoms in total. The number of hydrogen-bond acceptors (Lipinski definition) is 8. The van der Waals surface area contributed by atoms with Crippen molar-refractivity contribution in [3.05, 3.63) is 46.5 Å². The van der Waals surface area contributed by atoms with E-state index in [0.29, 0.717) is 38.9 Å². The first-order chi connectivity index (χ1) is 18.7. The molecule has 1 saturated heterocycles. The molecule has 6 rings (SSSR count). The average Bonchev–Trinajstić information content (AvgIpc) is 3.68. The van der Waals surface area contributed by atoms with Gasteiger partial charge in [0, 0.05) is 67.5 Å². The molecule has 0 unspecified atom stereocenters. The van der Waals surface area contributed by atoms with Crippen LogP contribution in [0.4, 0.5) is 30.5 Å². The molecule has 206 valence electrons. The van der Waals surface area contributed by atoms with Crippen LogP contribution in [-0.4, -0.2) is 65.8 Å². The van der Waals surface area contributed by atoms with Crippen molar-refractivity contribution < 1.29 is 18.0 Å². The van der Waals surface area contributed by atoms with E-state index in [0.717, 1.165) is 66.9 Å². The van der Waals surface area contributed by atoms with Gasteiger partial charge in [0.1, 0.15) is 10.4 Å². The fraction of sp³-hybridized carbons (Fsp3) is 0.444. The molecule has 2 aromatic heterocycles. The Kier molecular flexibility index (Phi) is 6.96. The second kappa shape index (κ2) is 10.3. The first-order valence-corrected chi connectivity index (χ1v) is 14.8. The summed E-state index contributed by atoms with van der Waals surface area (Å²) in [6, 6.07) is 8.28. The molecule has 0 bridgehead atoms. The zero-order valence-electron chi connectivity index (χ0n) is 21.6. The third kappa shape index (κ3) is 5.46.